The maximum Gasteiger partial charge on any atom is 0.150 e. The first-order valence-electron chi connectivity index (χ1n) is 6.51. The van der Waals surface area contributed by atoms with Crippen LogP contribution in [0.1, 0.15) is 34.7 Å². The predicted octanol–water partition coefficient (Wildman–Crippen LogP) is 1.95. The summed E-state index contributed by atoms with van der Waals surface area (Å²) in [5, 5.41) is 2.23. The number of carbonyl (C=O) groups is 1. The van der Waals surface area contributed by atoms with Gasteiger partial charge in [-0.15, -0.1) is 0 Å². The van der Waals surface area contributed by atoms with Crippen molar-refractivity contribution in [2.75, 3.05) is 19.6 Å². The van der Waals surface area contributed by atoms with Gasteiger partial charge in [-0.25, -0.2) is 9.40 Å². The van der Waals surface area contributed by atoms with Crippen molar-refractivity contribution in [3.05, 3.63) is 35.1 Å². The first-order valence-corrected chi connectivity index (χ1v) is 6.51. The molecule has 4 heteroatoms. The molecule has 0 amide bonds. The minimum absolute atomic E-state index is 0.221. The molecule has 18 heavy (non-hydrogen) atoms. The largest absolute Gasteiger partial charge is 0.298 e. The van der Waals surface area contributed by atoms with E-state index in [1.54, 1.807) is 12.1 Å². The number of piperidine rings is 1. The van der Waals surface area contributed by atoms with Gasteiger partial charge in [-0.05, 0) is 30.4 Å². The normalized spacial score (nSPS) is 31.1. The molecule has 4 rings (SSSR count). The molecule has 0 spiro atoms. The number of halogens is 1. The maximum absolute atomic E-state index is 14.1. The van der Waals surface area contributed by atoms with Gasteiger partial charge >= 0.3 is 0 Å². The number of fused-ring (bicyclic) bond motifs is 4. The Labute approximate surface area is 106 Å². The summed E-state index contributed by atoms with van der Waals surface area (Å²) >= 11 is 0. The number of hydrazine groups is 1. The summed E-state index contributed by atoms with van der Waals surface area (Å²) in [6.07, 6.45) is 2.93. The maximum atomic E-state index is 14.1. The van der Waals surface area contributed by atoms with Crippen molar-refractivity contribution in [2.45, 2.75) is 18.8 Å². The lowest BCUT2D eigenvalue weighted by atomic mass is 9.81. The molecule has 2 bridgehead atoms. The molecule has 1 N–H and O–H groups in total. The van der Waals surface area contributed by atoms with E-state index in [2.05, 4.69) is 10.4 Å². The highest BCUT2D eigenvalue weighted by atomic mass is 19.1. The van der Waals surface area contributed by atoms with Gasteiger partial charge in [0.25, 0.3) is 0 Å². The zero-order valence-electron chi connectivity index (χ0n) is 10.2. The Kier molecular flexibility index (Phi) is 3.14. The molecule has 3 heterocycles. The zero-order valence-corrected chi connectivity index (χ0v) is 10.2. The molecule has 0 saturated carbocycles. The standard InChI is InChI=1S/C14H17FN2O/c15-14-7-10(9-18)1-2-12(14)13-8-16-17-5-3-11(13)4-6-17/h1-2,7,9,11,13,16H,3-6,8H2. The SMILES string of the molecule is O=Cc1ccc(C2CNN3CCC2CC3)c(F)c1. The molecule has 0 radical (unpaired) electrons. The van der Waals surface area contributed by atoms with Gasteiger partial charge in [-0.1, -0.05) is 12.1 Å². The number of hydrogen-bond acceptors (Lipinski definition) is 3. The molecule has 0 aliphatic carbocycles. The molecular formula is C14H17FN2O. The van der Waals surface area contributed by atoms with E-state index in [1.165, 1.54) is 6.07 Å². The number of aldehydes is 1. The summed E-state index contributed by atoms with van der Waals surface area (Å²) in [4.78, 5) is 10.6. The third kappa shape index (κ3) is 2.06. The van der Waals surface area contributed by atoms with E-state index in [-0.39, 0.29) is 11.7 Å². The Morgan fingerprint density at radius 2 is 2.11 bits per heavy atom. The highest BCUT2D eigenvalue weighted by Gasteiger charge is 2.32. The van der Waals surface area contributed by atoms with Crippen LogP contribution < -0.4 is 5.43 Å². The first kappa shape index (κ1) is 11.8. The summed E-state index contributed by atoms with van der Waals surface area (Å²) in [5.74, 6) is 0.526. The molecular weight excluding hydrogens is 231 g/mol. The van der Waals surface area contributed by atoms with Gasteiger partial charge in [0.15, 0.2) is 0 Å². The quantitative estimate of drug-likeness (QED) is 0.812. The van der Waals surface area contributed by atoms with E-state index in [0.717, 1.165) is 38.0 Å². The van der Waals surface area contributed by atoms with Crippen LogP contribution in [0.4, 0.5) is 4.39 Å². The van der Waals surface area contributed by atoms with E-state index < -0.39 is 0 Å². The number of benzene rings is 1. The van der Waals surface area contributed by atoms with Crippen molar-refractivity contribution in [1.82, 2.24) is 10.4 Å². The summed E-state index contributed by atoms with van der Waals surface area (Å²) in [6.45, 7) is 2.90. The molecule has 3 saturated heterocycles. The lowest BCUT2D eigenvalue weighted by Gasteiger charge is -2.28. The topological polar surface area (TPSA) is 32.3 Å². The van der Waals surface area contributed by atoms with Crippen molar-refractivity contribution in [2.24, 2.45) is 5.92 Å². The Hall–Kier alpha value is -1.26. The van der Waals surface area contributed by atoms with Gasteiger partial charge in [-0.3, -0.25) is 10.2 Å². The number of nitrogens with one attached hydrogen (secondary N) is 1. The van der Waals surface area contributed by atoms with E-state index in [4.69, 9.17) is 0 Å². The molecule has 1 aromatic rings. The van der Waals surface area contributed by atoms with Crippen LogP contribution in [-0.4, -0.2) is 30.9 Å². The predicted molar refractivity (Wildman–Crippen MR) is 66.8 cm³/mol. The summed E-state index contributed by atoms with van der Waals surface area (Å²) in [5.41, 5.74) is 4.53. The molecule has 3 fully saturated rings. The molecule has 0 aromatic heterocycles. The number of rotatable bonds is 2. The number of nitrogens with zero attached hydrogens (tertiary/aromatic N) is 1. The highest BCUT2D eigenvalue weighted by Crippen LogP contribution is 2.35. The van der Waals surface area contributed by atoms with E-state index in [1.807, 2.05) is 0 Å². The summed E-state index contributed by atoms with van der Waals surface area (Å²) in [6, 6.07) is 4.84. The van der Waals surface area contributed by atoms with E-state index in [9.17, 15) is 9.18 Å². The van der Waals surface area contributed by atoms with Crippen LogP contribution in [0.2, 0.25) is 0 Å². The Bertz CT molecular complexity index is 455. The molecule has 1 unspecified atom stereocenters. The minimum Gasteiger partial charge on any atom is -0.298 e. The molecule has 3 nitrogen and oxygen atoms in total. The summed E-state index contributed by atoms with van der Waals surface area (Å²) in [7, 11) is 0. The van der Waals surface area contributed by atoms with Crippen LogP contribution >= 0.6 is 0 Å². The lowest BCUT2D eigenvalue weighted by Crippen LogP contribution is -2.39. The summed E-state index contributed by atoms with van der Waals surface area (Å²) < 4.78 is 14.1. The lowest BCUT2D eigenvalue weighted by molar-refractivity contribution is 0.112. The monoisotopic (exact) mass is 248 g/mol. The van der Waals surface area contributed by atoms with E-state index in [0.29, 0.717) is 17.8 Å². The van der Waals surface area contributed by atoms with Crippen molar-refractivity contribution < 1.29 is 9.18 Å². The van der Waals surface area contributed by atoms with Gasteiger partial charge < -0.3 is 0 Å². The van der Waals surface area contributed by atoms with Crippen molar-refractivity contribution in [3.63, 3.8) is 0 Å². The number of carbonyl (C=O) groups excluding carboxylic acids is 1. The van der Waals surface area contributed by atoms with Gasteiger partial charge in [0.05, 0.1) is 0 Å². The van der Waals surface area contributed by atoms with Crippen LogP contribution in [-0.2, 0) is 0 Å². The zero-order chi connectivity index (χ0) is 12.5. The average molecular weight is 248 g/mol. The second-order valence-electron chi connectivity index (χ2n) is 5.19. The smallest absolute Gasteiger partial charge is 0.150 e. The second kappa shape index (κ2) is 4.78. The van der Waals surface area contributed by atoms with Gasteiger partial charge in [0.1, 0.15) is 12.1 Å². The van der Waals surface area contributed by atoms with Gasteiger partial charge in [-0.2, -0.15) is 0 Å². The molecule has 1 atom stereocenters. The van der Waals surface area contributed by atoms with E-state index >= 15 is 0 Å². The number of hydrogen-bond donors (Lipinski definition) is 1. The fourth-order valence-corrected chi connectivity index (χ4v) is 3.14. The van der Waals surface area contributed by atoms with Crippen molar-refractivity contribution in [1.29, 1.82) is 0 Å². The van der Waals surface area contributed by atoms with Crippen LogP contribution in [0.5, 0.6) is 0 Å². The fraction of sp³-hybridized carbons (Fsp3) is 0.500. The van der Waals surface area contributed by atoms with Gasteiger partial charge in [0, 0.05) is 31.1 Å². The second-order valence-corrected chi connectivity index (χ2v) is 5.19. The van der Waals surface area contributed by atoms with Crippen LogP contribution in [0, 0.1) is 11.7 Å². The van der Waals surface area contributed by atoms with Crippen LogP contribution in [0.3, 0.4) is 0 Å². The molecule has 96 valence electrons. The Morgan fingerprint density at radius 3 is 2.78 bits per heavy atom. The minimum atomic E-state index is -0.244. The Balaban J connectivity index is 1.91. The third-order valence-electron chi connectivity index (χ3n) is 4.20. The molecule has 1 aromatic carbocycles. The average Bonchev–Trinajstić information content (AvgIpc) is 2.72. The Morgan fingerprint density at radius 1 is 1.33 bits per heavy atom. The highest BCUT2D eigenvalue weighted by molar-refractivity contribution is 5.74. The molecule has 3 aliphatic rings. The van der Waals surface area contributed by atoms with Crippen LogP contribution in [0.25, 0.3) is 0 Å². The first-order chi connectivity index (χ1) is 8.78. The van der Waals surface area contributed by atoms with Crippen molar-refractivity contribution >= 4 is 6.29 Å². The fourth-order valence-electron chi connectivity index (χ4n) is 3.14. The van der Waals surface area contributed by atoms with Crippen LogP contribution in [0.15, 0.2) is 18.2 Å². The van der Waals surface area contributed by atoms with Crippen molar-refractivity contribution in [3.8, 4) is 0 Å². The molecule has 3 aliphatic heterocycles. The third-order valence-corrected chi connectivity index (χ3v) is 4.20. The van der Waals surface area contributed by atoms with Gasteiger partial charge in [0.2, 0.25) is 0 Å².